The minimum atomic E-state index is -3.55. The number of nitrogens with one attached hydrogen (secondary N) is 1. The van der Waals surface area contributed by atoms with E-state index in [1.54, 1.807) is 12.1 Å². The van der Waals surface area contributed by atoms with Crippen molar-refractivity contribution in [3.8, 4) is 0 Å². The summed E-state index contributed by atoms with van der Waals surface area (Å²) in [5.74, 6) is -0.256. The van der Waals surface area contributed by atoms with E-state index in [9.17, 15) is 12.8 Å². The Morgan fingerprint density at radius 2 is 1.82 bits per heavy atom. The van der Waals surface area contributed by atoms with Crippen molar-refractivity contribution in [2.24, 2.45) is 0 Å². The third-order valence-corrected chi connectivity index (χ3v) is 4.78. The van der Waals surface area contributed by atoms with Crippen molar-refractivity contribution in [2.45, 2.75) is 24.2 Å². The highest BCUT2D eigenvalue weighted by molar-refractivity contribution is 7.89. The molecule has 0 radical (unpaired) electrons. The van der Waals surface area contributed by atoms with Gasteiger partial charge >= 0.3 is 0 Å². The van der Waals surface area contributed by atoms with E-state index < -0.39 is 10.0 Å². The van der Waals surface area contributed by atoms with Crippen LogP contribution in [0.3, 0.4) is 0 Å². The first-order valence-electron chi connectivity index (χ1n) is 6.83. The summed E-state index contributed by atoms with van der Waals surface area (Å²) in [7, 11) is -3.55. The Balaban J connectivity index is 1.76. The van der Waals surface area contributed by atoms with Crippen molar-refractivity contribution >= 4 is 21.6 Å². The smallest absolute Gasteiger partial charge is 0.242 e. The second kappa shape index (κ2) is 7.67. The summed E-state index contributed by atoms with van der Waals surface area (Å²) in [5.41, 5.74) is 1.03. The maximum Gasteiger partial charge on any atom is 0.242 e. The van der Waals surface area contributed by atoms with E-state index in [0.29, 0.717) is 13.0 Å². The van der Waals surface area contributed by atoms with Crippen LogP contribution in [0.15, 0.2) is 47.5 Å². The van der Waals surface area contributed by atoms with Gasteiger partial charge in [0.1, 0.15) is 15.9 Å². The number of aryl methyl sites for hydroxylation is 1. The molecule has 2 aromatic rings. The van der Waals surface area contributed by atoms with Gasteiger partial charge in [0, 0.05) is 12.7 Å². The van der Waals surface area contributed by atoms with Crippen LogP contribution in [0.2, 0.25) is 5.15 Å². The Bertz CT molecular complexity index is 703. The van der Waals surface area contributed by atoms with E-state index in [2.05, 4.69) is 9.71 Å². The van der Waals surface area contributed by atoms with Gasteiger partial charge in [0.15, 0.2) is 0 Å². The largest absolute Gasteiger partial charge is 0.243 e. The molecule has 0 spiro atoms. The van der Waals surface area contributed by atoms with Gasteiger partial charge in [-0.3, -0.25) is 0 Å². The van der Waals surface area contributed by atoms with Crippen LogP contribution in [0.5, 0.6) is 0 Å². The molecule has 1 aromatic carbocycles. The molecule has 1 N–H and O–H groups in total. The topological polar surface area (TPSA) is 59.1 Å². The fourth-order valence-electron chi connectivity index (χ4n) is 1.92. The van der Waals surface area contributed by atoms with Crippen molar-refractivity contribution in [1.29, 1.82) is 0 Å². The predicted molar refractivity (Wildman–Crippen MR) is 83.8 cm³/mol. The molecule has 1 aromatic heterocycles. The van der Waals surface area contributed by atoms with E-state index in [1.807, 2.05) is 0 Å². The maximum atomic E-state index is 12.8. The first-order valence-corrected chi connectivity index (χ1v) is 8.69. The van der Waals surface area contributed by atoms with Crippen molar-refractivity contribution in [2.75, 3.05) is 6.54 Å². The zero-order chi connectivity index (χ0) is 16.0. The van der Waals surface area contributed by atoms with Gasteiger partial charge in [0.2, 0.25) is 10.0 Å². The Morgan fingerprint density at radius 1 is 1.09 bits per heavy atom. The molecular formula is C15H16ClFN2O2S. The second-order valence-corrected chi connectivity index (χ2v) is 6.95. The summed E-state index contributed by atoms with van der Waals surface area (Å²) in [4.78, 5) is 3.85. The van der Waals surface area contributed by atoms with Gasteiger partial charge in [-0.2, -0.15) is 0 Å². The molecule has 0 fully saturated rings. The summed E-state index contributed by atoms with van der Waals surface area (Å²) in [6.45, 7) is 0.339. The molecule has 1 heterocycles. The molecule has 4 nitrogen and oxygen atoms in total. The van der Waals surface area contributed by atoms with Crippen LogP contribution in [0.1, 0.15) is 18.4 Å². The third-order valence-electron chi connectivity index (χ3n) is 3.11. The van der Waals surface area contributed by atoms with Gasteiger partial charge in [-0.05, 0) is 49.1 Å². The van der Waals surface area contributed by atoms with Gasteiger partial charge < -0.3 is 0 Å². The predicted octanol–water partition coefficient (Wildman–Crippen LogP) is 3.18. The quantitative estimate of drug-likeness (QED) is 0.621. The van der Waals surface area contributed by atoms with Crippen molar-refractivity contribution in [3.05, 3.63) is 59.1 Å². The van der Waals surface area contributed by atoms with Crippen LogP contribution in [-0.2, 0) is 16.4 Å². The van der Waals surface area contributed by atoms with Gasteiger partial charge in [0.25, 0.3) is 0 Å². The molecule has 0 aliphatic heterocycles. The number of rotatable bonds is 7. The Hall–Kier alpha value is -1.50. The van der Waals surface area contributed by atoms with Crippen LogP contribution in [0.4, 0.5) is 4.39 Å². The van der Waals surface area contributed by atoms with Crippen LogP contribution in [0.25, 0.3) is 0 Å². The van der Waals surface area contributed by atoms with Crippen LogP contribution in [-0.4, -0.2) is 19.9 Å². The maximum absolute atomic E-state index is 12.8. The molecule has 0 bridgehead atoms. The third kappa shape index (κ3) is 5.05. The van der Waals surface area contributed by atoms with Gasteiger partial charge in [-0.25, -0.2) is 22.5 Å². The van der Waals surface area contributed by atoms with Gasteiger partial charge in [-0.15, -0.1) is 0 Å². The fourth-order valence-corrected chi connectivity index (χ4v) is 3.05. The first-order chi connectivity index (χ1) is 10.5. The number of hydrogen-bond donors (Lipinski definition) is 1. The Labute approximate surface area is 134 Å². The molecule has 0 atom stereocenters. The number of sulfonamides is 1. The number of benzene rings is 1. The average molecular weight is 343 g/mol. The number of halogens is 2. The molecule has 0 unspecified atom stereocenters. The fraction of sp³-hybridized carbons (Fsp3) is 0.267. The van der Waals surface area contributed by atoms with Gasteiger partial charge in [0.05, 0.1) is 0 Å². The molecule has 2 rings (SSSR count). The molecule has 0 amide bonds. The monoisotopic (exact) mass is 342 g/mol. The Morgan fingerprint density at radius 3 is 2.45 bits per heavy atom. The highest BCUT2D eigenvalue weighted by atomic mass is 35.5. The minimum absolute atomic E-state index is 0.0930. The number of hydrogen-bond acceptors (Lipinski definition) is 3. The summed E-state index contributed by atoms with van der Waals surface area (Å²) in [6.07, 6.45) is 3.51. The molecule has 22 heavy (non-hydrogen) atoms. The van der Waals surface area contributed by atoms with E-state index in [1.165, 1.54) is 30.5 Å². The number of unbranched alkanes of at least 4 members (excludes halogenated alkanes) is 1. The molecule has 7 heteroatoms. The Kier molecular flexibility index (Phi) is 5.88. The summed E-state index contributed by atoms with van der Waals surface area (Å²) in [5, 5.41) is 0.248. The lowest BCUT2D eigenvalue weighted by Crippen LogP contribution is -2.25. The molecule has 0 saturated carbocycles. The van der Waals surface area contributed by atoms with E-state index >= 15 is 0 Å². The normalized spacial score (nSPS) is 11.5. The SMILES string of the molecule is O=S(=O)(NCCCCc1ccc(F)cc1)c1ccc(Cl)nc1. The lowest BCUT2D eigenvalue weighted by molar-refractivity contribution is 0.576. The molecule has 0 aliphatic rings. The van der Waals surface area contributed by atoms with Crippen molar-refractivity contribution in [1.82, 2.24) is 9.71 Å². The first kappa shape index (κ1) is 16.9. The average Bonchev–Trinajstić information content (AvgIpc) is 2.49. The van der Waals surface area contributed by atoms with Crippen LogP contribution in [0, 0.1) is 5.82 Å². The van der Waals surface area contributed by atoms with E-state index in [-0.39, 0.29) is 15.9 Å². The molecule has 0 saturated heterocycles. The standard InChI is InChI=1S/C15H16ClFN2O2S/c16-15-9-8-14(11-18-15)22(20,21)19-10-2-1-3-12-4-6-13(17)7-5-12/h4-9,11,19H,1-3,10H2. The van der Waals surface area contributed by atoms with Crippen LogP contribution < -0.4 is 4.72 Å². The molecule has 118 valence electrons. The summed E-state index contributed by atoms with van der Waals surface area (Å²) >= 11 is 5.63. The van der Waals surface area contributed by atoms with E-state index in [0.717, 1.165) is 18.4 Å². The summed E-state index contributed by atoms with van der Waals surface area (Å²) < 4.78 is 39.2. The van der Waals surface area contributed by atoms with E-state index in [4.69, 9.17) is 11.6 Å². The lowest BCUT2D eigenvalue weighted by atomic mass is 10.1. The van der Waals surface area contributed by atoms with Gasteiger partial charge in [-0.1, -0.05) is 23.7 Å². The highest BCUT2D eigenvalue weighted by Gasteiger charge is 2.13. The summed E-state index contributed by atoms with van der Waals surface area (Å²) in [6, 6.07) is 9.16. The number of nitrogens with zero attached hydrogens (tertiary/aromatic N) is 1. The van der Waals surface area contributed by atoms with Crippen molar-refractivity contribution < 1.29 is 12.8 Å². The second-order valence-electron chi connectivity index (χ2n) is 4.80. The number of pyridine rings is 1. The van der Waals surface area contributed by atoms with Crippen LogP contribution >= 0.6 is 11.6 Å². The van der Waals surface area contributed by atoms with Crippen molar-refractivity contribution in [3.63, 3.8) is 0 Å². The molecule has 0 aliphatic carbocycles. The molecular weight excluding hydrogens is 327 g/mol. The minimum Gasteiger partial charge on any atom is -0.243 e. The highest BCUT2D eigenvalue weighted by Crippen LogP contribution is 2.11. The zero-order valence-electron chi connectivity index (χ0n) is 11.8. The number of aromatic nitrogens is 1. The lowest BCUT2D eigenvalue weighted by Gasteiger charge is -2.06. The zero-order valence-corrected chi connectivity index (χ0v) is 13.4.